The maximum Gasteiger partial charge on any atom is 0.227 e. The minimum absolute atomic E-state index is 0.0214. The van der Waals surface area contributed by atoms with Crippen LogP contribution < -0.4 is 15.0 Å². The molecule has 2 saturated heterocycles. The molecule has 0 bridgehead atoms. The molecule has 2 heterocycles. The van der Waals surface area contributed by atoms with Crippen LogP contribution in [0, 0.1) is 11.3 Å². The number of benzene rings is 1. The molecule has 1 atom stereocenters. The summed E-state index contributed by atoms with van der Waals surface area (Å²) in [5.41, 5.74) is 0.366. The molecule has 0 spiro atoms. The fraction of sp³-hybridized carbons (Fsp3) is 0.579. The minimum Gasteiger partial charge on any atom is -0.495 e. The fourth-order valence-electron chi connectivity index (χ4n) is 3.58. The van der Waals surface area contributed by atoms with Crippen molar-refractivity contribution in [1.82, 2.24) is 5.32 Å². The van der Waals surface area contributed by atoms with Crippen molar-refractivity contribution in [3.8, 4) is 5.75 Å². The molecule has 0 aliphatic carbocycles. The molecule has 0 saturated carbocycles. The van der Waals surface area contributed by atoms with Gasteiger partial charge in [-0.25, -0.2) is 0 Å². The first-order valence-corrected chi connectivity index (χ1v) is 8.98. The maximum absolute atomic E-state index is 12.6. The van der Waals surface area contributed by atoms with Gasteiger partial charge in [0.1, 0.15) is 5.75 Å². The predicted octanol–water partition coefficient (Wildman–Crippen LogP) is 0.953. The van der Waals surface area contributed by atoms with Gasteiger partial charge < -0.3 is 24.8 Å². The van der Waals surface area contributed by atoms with Crippen molar-refractivity contribution in [2.75, 3.05) is 44.9 Å². The van der Waals surface area contributed by atoms with Crippen LogP contribution in [0.2, 0.25) is 0 Å². The zero-order valence-electron chi connectivity index (χ0n) is 15.1. The lowest BCUT2D eigenvalue weighted by atomic mass is 9.81. The molecule has 2 amide bonds. The van der Waals surface area contributed by atoms with Gasteiger partial charge in [0.2, 0.25) is 11.8 Å². The summed E-state index contributed by atoms with van der Waals surface area (Å²) in [4.78, 5) is 26.6. The van der Waals surface area contributed by atoms with E-state index in [9.17, 15) is 14.7 Å². The first kappa shape index (κ1) is 18.7. The van der Waals surface area contributed by atoms with Crippen molar-refractivity contribution < 1.29 is 24.2 Å². The average molecular weight is 362 g/mol. The van der Waals surface area contributed by atoms with E-state index < -0.39 is 5.92 Å². The Bertz CT molecular complexity index is 657. The van der Waals surface area contributed by atoms with Gasteiger partial charge >= 0.3 is 0 Å². The van der Waals surface area contributed by atoms with Gasteiger partial charge in [-0.3, -0.25) is 9.59 Å². The number of hydrogen-bond donors (Lipinski definition) is 2. The fourth-order valence-corrected chi connectivity index (χ4v) is 3.58. The Morgan fingerprint density at radius 1 is 1.38 bits per heavy atom. The number of aliphatic hydroxyl groups is 1. The lowest BCUT2D eigenvalue weighted by molar-refractivity contribution is -0.127. The molecular weight excluding hydrogens is 336 g/mol. The smallest absolute Gasteiger partial charge is 0.227 e. The Hall–Kier alpha value is -2.12. The van der Waals surface area contributed by atoms with Crippen LogP contribution in [-0.4, -0.2) is 56.9 Å². The van der Waals surface area contributed by atoms with Crippen molar-refractivity contribution in [2.24, 2.45) is 11.3 Å². The van der Waals surface area contributed by atoms with Crippen molar-refractivity contribution in [1.29, 1.82) is 0 Å². The number of aliphatic hydroxyl groups excluding tert-OH is 1. The van der Waals surface area contributed by atoms with Gasteiger partial charge in [0.25, 0.3) is 0 Å². The highest BCUT2D eigenvalue weighted by Gasteiger charge is 2.38. The van der Waals surface area contributed by atoms with E-state index >= 15 is 0 Å². The monoisotopic (exact) mass is 362 g/mol. The summed E-state index contributed by atoms with van der Waals surface area (Å²) in [5, 5.41) is 12.7. The summed E-state index contributed by atoms with van der Waals surface area (Å²) in [5.74, 6) is -0.0148. The Labute approximate surface area is 153 Å². The molecule has 1 unspecified atom stereocenters. The summed E-state index contributed by atoms with van der Waals surface area (Å²) < 4.78 is 10.7. The molecule has 142 valence electrons. The van der Waals surface area contributed by atoms with E-state index in [-0.39, 0.29) is 30.3 Å². The van der Waals surface area contributed by atoms with Crippen molar-refractivity contribution in [3.63, 3.8) is 0 Å². The highest BCUT2D eigenvalue weighted by molar-refractivity contribution is 6.01. The largest absolute Gasteiger partial charge is 0.495 e. The summed E-state index contributed by atoms with van der Waals surface area (Å²) in [6.45, 7) is 1.96. The number of carbonyl (C=O) groups is 2. The summed E-state index contributed by atoms with van der Waals surface area (Å²) in [6.07, 6.45) is 1.63. The van der Waals surface area contributed by atoms with Crippen molar-refractivity contribution >= 4 is 17.5 Å². The van der Waals surface area contributed by atoms with Gasteiger partial charge in [-0.15, -0.1) is 0 Å². The van der Waals surface area contributed by atoms with E-state index in [1.807, 2.05) is 18.2 Å². The van der Waals surface area contributed by atoms with E-state index in [0.29, 0.717) is 37.7 Å². The van der Waals surface area contributed by atoms with Crippen LogP contribution in [0.25, 0.3) is 0 Å². The molecule has 2 fully saturated rings. The van der Waals surface area contributed by atoms with Crippen LogP contribution in [0.5, 0.6) is 5.75 Å². The quantitative estimate of drug-likeness (QED) is 0.787. The Morgan fingerprint density at radius 2 is 2.12 bits per heavy atom. The summed E-state index contributed by atoms with van der Waals surface area (Å²) in [7, 11) is 1.56. The number of methoxy groups -OCH3 is 1. The van der Waals surface area contributed by atoms with Crippen LogP contribution in [0.4, 0.5) is 5.69 Å². The number of hydrogen-bond acceptors (Lipinski definition) is 5. The standard InChI is InChI=1S/C19H26N2O5/c1-25-16-5-3-2-4-15(16)21-11-14(10-17(21)23)18(24)20-12-19(13-22)6-8-26-9-7-19/h2-5,14,22H,6-13H2,1H3,(H,20,24). The average Bonchev–Trinajstić information content (AvgIpc) is 3.08. The van der Waals surface area contributed by atoms with E-state index in [1.165, 1.54) is 0 Å². The van der Waals surface area contributed by atoms with E-state index in [1.54, 1.807) is 18.1 Å². The third-order valence-corrected chi connectivity index (χ3v) is 5.40. The summed E-state index contributed by atoms with van der Waals surface area (Å²) >= 11 is 0. The van der Waals surface area contributed by atoms with Crippen molar-refractivity contribution in [3.05, 3.63) is 24.3 Å². The second-order valence-corrected chi connectivity index (χ2v) is 7.07. The van der Waals surface area contributed by atoms with Crippen LogP contribution >= 0.6 is 0 Å². The van der Waals surface area contributed by atoms with Crippen LogP contribution in [0.1, 0.15) is 19.3 Å². The number of nitrogens with zero attached hydrogens (tertiary/aromatic N) is 1. The number of anilines is 1. The molecule has 0 radical (unpaired) electrons. The zero-order valence-corrected chi connectivity index (χ0v) is 15.1. The number of amides is 2. The highest BCUT2D eigenvalue weighted by atomic mass is 16.5. The number of carbonyl (C=O) groups excluding carboxylic acids is 2. The van der Waals surface area contributed by atoms with Crippen LogP contribution in [0.3, 0.4) is 0 Å². The molecule has 1 aromatic carbocycles. The Balaban J connectivity index is 1.62. The van der Waals surface area contributed by atoms with Gasteiger partial charge in [0.15, 0.2) is 0 Å². The molecular formula is C19H26N2O5. The van der Waals surface area contributed by atoms with Gasteiger partial charge in [0.05, 0.1) is 25.3 Å². The molecule has 1 aromatic rings. The van der Waals surface area contributed by atoms with Crippen LogP contribution in [-0.2, 0) is 14.3 Å². The van der Waals surface area contributed by atoms with Crippen molar-refractivity contribution in [2.45, 2.75) is 19.3 Å². The van der Waals surface area contributed by atoms with Gasteiger partial charge in [-0.1, -0.05) is 12.1 Å². The second-order valence-electron chi connectivity index (χ2n) is 7.07. The molecule has 7 nitrogen and oxygen atoms in total. The highest BCUT2D eigenvalue weighted by Crippen LogP contribution is 2.33. The first-order valence-electron chi connectivity index (χ1n) is 8.98. The Morgan fingerprint density at radius 3 is 2.81 bits per heavy atom. The van der Waals surface area contributed by atoms with Crippen LogP contribution in [0.15, 0.2) is 24.3 Å². The number of nitrogens with one attached hydrogen (secondary N) is 1. The number of para-hydroxylation sites is 2. The molecule has 0 aromatic heterocycles. The van der Waals surface area contributed by atoms with Gasteiger partial charge in [-0.05, 0) is 25.0 Å². The maximum atomic E-state index is 12.6. The third-order valence-electron chi connectivity index (χ3n) is 5.40. The van der Waals surface area contributed by atoms with Gasteiger partial charge in [0, 0.05) is 38.1 Å². The van der Waals surface area contributed by atoms with E-state index in [4.69, 9.17) is 9.47 Å². The third kappa shape index (κ3) is 3.83. The minimum atomic E-state index is -0.400. The molecule has 26 heavy (non-hydrogen) atoms. The normalized spacial score (nSPS) is 22.3. The Kier molecular flexibility index (Phi) is 5.78. The molecule has 2 N–H and O–H groups in total. The lowest BCUT2D eigenvalue weighted by Crippen LogP contribution is -2.45. The molecule has 2 aliphatic heterocycles. The lowest BCUT2D eigenvalue weighted by Gasteiger charge is -2.35. The second kappa shape index (κ2) is 8.05. The number of ether oxygens (including phenoxy) is 2. The van der Waals surface area contributed by atoms with Gasteiger partial charge in [-0.2, -0.15) is 0 Å². The predicted molar refractivity (Wildman–Crippen MR) is 96.0 cm³/mol. The SMILES string of the molecule is COc1ccccc1N1CC(C(=O)NCC2(CO)CCOCC2)CC1=O. The van der Waals surface area contributed by atoms with E-state index in [0.717, 1.165) is 12.8 Å². The molecule has 2 aliphatic rings. The zero-order chi connectivity index (χ0) is 18.6. The number of rotatable bonds is 6. The summed E-state index contributed by atoms with van der Waals surface area (Å²) in [6, 6.07) is 7.30. The van der Waals surface area contributed by atoms with E-state index in [2.05, 4.69) is 5.32 Å². The first-order chi connectivity index (χ1) is 12.6. The molecule has 3 rings (SSSR count). The topological polar surface area (TPSA) is 88.1 Å². The molecule has 7 heteroatoms.